The van der Waals surface area contributed by atoms with E-state index in [0.29, 0.717) is 0 Å². The van der Waals surface area contributed by atoms with Crippen LogP contribution in [0.1, 0.15) is 17.3 Å². The maximum absolute atomic E-state index is 12.9. The second kappa shape index (κ2) is 4.86. The average molecular weight is 248 g/mol. The Labute approximate surface area is 93.6 Å². The number of ketones is 1. The maximum Gasteiger partial charge on any atom is 0.379 e. The zero-order valence-corrected chi connectivity index (χ0v) is 8.59. The number of benzene rings is 1. The third kappa shape index (κ3) is 2.38. The SMILES string of the molecule is CCOC(=O)C(=O)c1cc(F)c(F)c(F)c1O. The van der Waals surface area contributed by atoms with Crippen molar-refractivity contribution in [3.63, 3.8) is 0 Å². The summed E-state index contributed by atoms with van der Waals surface area (Å²) in [6, 6.07) is 0.229. The predicted octanol–water partition coefficient (Wildman–Crippen LogP) is 1.56. The normalized spacial score (nSPS) is 10.1. The number of carbonyl (C=O) groups is 2. The second-order valence-electron chi connectivity index (χ2n) is 2.93. The fourth-order valence-corrected chi connectivity index (χ4v) is 1.07. The number of hydrogen-bond donors (Lipinski definition) is 1. The monoisotopic (exact) mass is 248 g/mol. The van der Waals surface area contributed by atoms with Gasteiger partial charge in [0.1, 0.15) is 0 Å². The summed E-state index contributed by atoms with van der Waals surface area (Å²) in [4.78, 5) is 22.3. The van der Waals surface area contributed by atoms with Crippen LogP contribution in [0.15, 0.2) is 6.07 Å². The van der Waals surface area contributed by atoms with Gasteiger partial charge in [-0.2, -0.15) is 4.39 Å². The van der Waals surface area contributed by atoms with Crippen LogP contribution >= 0.6 is 0 Å². The van der Waals surface area contributed by atoms with Crippen LogP contribution in [0.25, 0.3) is 0 Å². The minimum Gasteiger partial charge on any atom is -0.504 e. The Morgan fingerprint density at radius 3 is 2.41 bits per heavy atom. The van der Waals surface area contributed by atoms with Gasteiger partial charge in [-0.3, -0.25) is 4.79 Å². The van der Waals surface area contributed by atoms with Gasteiger partial charge < -0.3 is 9.84 Å². The number of aromatic hydroxyl groups is 1. The molecule has 0 fully saturated rings. The molecule has 0 saturated carbocycles. The first-order valence-electron chi connectivity index (χ1n) is 4.48. The van der Waals surface area contributed by atoms with E-state index in [1.807, 2.05) is 0 Å². The van der Waals surface area contributed by atoms with Crippen molar-refractivity contribution in [3.8, 4) is 5.75 Å². The van der Waals surface area contributed by atoms with Crippen LogP contribution in [0, 0.1) is 17.5 Å². The first-order chi connectivity index (χ1) is 7.90. The molecule has 1 aromatic carbocycles. The molecule has 0 aliphatic rings. The molecule has 17 heavy (non-hydrogen) atoms. The molecule has 0 radical (unpaired) electrons. The molecule has 0 amide bonds. The van der Waals surface area contributed by atoms with Crippen LogP contribution in [0.4, 0.5) is 13.2 Å². The van der Waals surface area contributed by atoms with Gasteiger partial charge in [-0.1, -0.05) is 0 Å². The van der Waals surface area contributed by atoms with Gasteiger partial charge in [0.2, 0.25) is 5.82 Å². The van der Waals surface area contributed by atoms with Crippen molar-refractivity contribution in [2.45, 2.75) is 6.92 Å². The molecule has 0 bridgehead atoms. The maximum atomic E-state index is 12.9. The van der Waals surface area contributed by atoms with E-state index in [9.17, 15) is 22.8 Å². The van der Waals surface area contributed by atoms with E-state index in [-0.39, 0.29) is 12.7 Å². The fraction of sp³-hybridized carbons (Fsp3) is 0.200. The summed E-state index contributed by atoms with van der Waals surface area (Å²) < 4.78 is 42.6. The lowest BCUT2D eigenvalue weighted by atomic mass is 10.1. The van der Waals surface area contributed by atoms with E-state index in [0.717, 1.165) is 0 Å². The number of carbonyl (C=O) groups excluding carboxylic acids is 2. The Kier molecular flexibility index (Phi) is 3.72. The number of phenolic OH excluding ortho intramolecular Hbond substituents is 1. The summed E-state index contributed by atoms with van der Waals surface area (Å²) in [5.41, 5.74) is -0.986. The molecule has 4 nitrogen and oxygen atoms in total. The molecule has 0 atom stereocenters. The quantitative estimate of drug-likeness (QED) is 0.381. The molecule has 1 aromatic rings. The Bertz CT molecular complexity index is 485. The highest BCUT2D eigenvalue weighted by atomic mass is 19.2. The van der Waals surface area contributed by atoms with Crippen molar-refractivity contribution in [2.75, 3.05) is 6.61 Å². The van der Waals surface area contributed by atoms with E-state index >= 15 is 0 Å². The van der Waals surface area contributed by atoms with E-state index in [2.05, 4.69) is 4.74 Å². The van der Waals surface area contributed by atoms with Crippen molar-refractivity contribution in [1.82, 2.24) is 0 Å². The summed E-state index contributed by atoms with van der Waals surface area (Å²) in [5.74, 6) is -9.83. The van der Waals surface area contributed by atoms with Gasteiger partial charge in [0.25, 0.3) is 5.78 Å². The van der Waals surface area contributed by atoms with Crippen molar-refractivity contribution in [1.29, 1.82) is 0 Å². The number of phenols is 1. The molecule has 0 unspecified atom stereocenters. The van der Waals surface area contributed by atoms with E-state index in [1.165, 1.54) is 6.92 Å². The number of ether oxygens (including phenoxy) is 1. The highest BCUT2D eigenvalue weighted by Gasteiger charge is 2.27. The third-order valence-electron chi connectivity index (χ3n) is 1.84. The van der Waals surface area contributed by atoms with Crippen LogP contribution in [0.3, 0.4) is 0 Å². The Morgan fingerprint density at radius 1 is 1.29 bits per heavy atom. The topological polar surface area (TPSA) is 63.6 Å². The van der Waals surface area contributed by atoms with Crippen molar-refractivity contribution < 1.29 is 32.6 Å². The summed E-state index contributed by atoms with van der Waals surface area (Å²) in [7, 11) is 0. The average Bonchev–Trinajstić information content (AvgIpc) is 2.30. The molecule has 0 heterocycles. The first kappa shape index (κ1) is 13.0. The lowest BCUT2D eigenvalue weighted by Gasteiger charge is -2.05. The molecule has 7 heteroatoms. The summed E-state index contributed by atoms with van der Waals surface area (Å²) in [5, 5.41) is 9.08. The highest BCUT2D eigenvalue weighted by molar-refractivity contribution is 6.41. The van der Waals surface area contributed by atoms with Gasteiger partial charge in [0.05, 0.1) is 12.2 Å². The molecule has 0 spiro atoms. The Hall–Kier alpha value is -2.05. The Morgan fingerprint density at radius 2 is 1.88 bits per heavy atom. The van der Waals surface area contributed by atoms with Crippen LogP contribution in [0.5, 0.6) is 5.75 Å². The second-order valence-corrected chi connectivity index (χ2v) is 2.93. The number of Topliss-reactive ketones (excluding diaryl/α,β-unsaturated/α-hetero) is 1. The molecular formula is C10H7F3O4. The van der Waals surface area contributed by atoms with Gasteiger partial charge in [0, 0.05) is 0 Å². The minimum absolute atomic E-state index is 0.127. The molecule has 0 aromatic heterocycles. The van der Waals surface area contributed by atoms with Gasteiger partial charge in [-0.05, 0) is 13.0 Å². The zero-order chi connectivity index (χ0) is 13.2. The summed E-state index contributed by atoms with van der Waals surface area (Å²) in [6.07, 6.45) is 0. The molecule has 0 saturated heterocycles. The molecule has 1 rings (SSSR count). The molecule has 0 aliphatic heterocycles. The van der Waals surface area contributed by atoms with Crippen LogP contribution in [-0.4, -0.2) is 23.5 Å². The van der Waals surface area contributed by atoms with E-state index < -0.39 is 40.5 Å². The van der Waals surface area contributed by atoms with Crippen LogP contribution in [0.2, 0.25) is 0 Å². The molecule has 1 N–H and O–H groups in total. The van der Waals surface area contributed by atoms with Crippen LogP contribution in [-0.2, 0) is 9.53 Å². The lowest BCUT2D eigenvalue weighted by molar-refractivity contribution is -0.137. The van der Waals surface area contributed by atoms with Gasteiger partial charge in [-0.15, -0.1) is 0 Å². The lowest BCUT2D eigenvalue weighted by Crippen LogP contribution is -2.18. The number of rotatable bonds is 3. The van der Waals surface area contributed by atoms with Crippen molar-refractivity contribution in [2.24, 2.45) is 0 Å². The molecular weight excluding hydrogens is 241 g/mol. The van der Waals surface area contributed by atoms with Crippen LogP contribution < -0.4 is 0 Å². The standard InChI is InChI=1S/C10H7F3O4/c1-2-17-10(16)9(15)4-3-5(11)6(12)7(13)8(4)14/h3,14H,2H2,1H3. The largest absolute Gasteiger partial charge is 0.504 e. The van der Waals surface area contributed by atoms with Crippen molar-refractivity contribution >= 4 is 11.8 Å². The van der Waals surface area contributed by atoms with E-state index in [4.69, 9.17) is 5.11 Å². The first-order valence-corrected chi connectivity index (χ1v) is 4.48. The van der Waals surface area contributed by atoms with Gasteiger partial charge in [0.15, 0.2) is 17.4 Å². The number of hydrogen-bond acceptors (Lipinski definition) is 4. The summed E-state index contributed by atoms with van der Waals surface area (Å²) in [6.45, 7) is 1.29. The van der Waals surface area contributed by atoms with E-state index in [1.54, 1.807) is 0 Å². The zero-order valence-electron chi connectivity index (χ0n) is 8.59. The van der Waals surface area contributed by atoms with Crippen molar-refractivity contribution in [3.05, 3.63) is 29.1 Å². The molecule has 0 aliphatic carbocycles. The van der Waals surface area contributed by atoms with Gasteiger partial charge >= 0.3 is 5.97 Å². The third-order valence-corrected chi connectivity index (χ3v) is 1.84. The smallest absolute Gasteiger partial charge is 0.379 e. The fourth-order valence-electron chi connectivity index (χ4n) is 1.07. The predicted molar refractivity (Wildman–Crippen MR) is 48.9 cm³/mol. The number of halogens is 3. The summed E-state index contributed by atoms with van der Waals surface area (Å²) >= 11 is 0. The van der Waals surface area contributed by atoms with Gasteiger partial charge in [-0.25, -0.2) is 13.6 Å². The number of esters is 1. The highest BCUT2D eigenvalue weighted by Crippen LogP contribution is 2.26. The molecule has 92 valence electrons. The minimum atomic E-state index is -1.93. The Balaban J connectivity index is 3.24.